The van der Waals surface area contributed by atoms with Crippen molar-refractivity contribution in [1.82, 2.24) is 30.2 Å². The van der Waals surface area contributed by atoms with Gasteiger partial charge in [0.1, 0.15) is 11.6 Å². The molecule has 5 amide bonds. The lowest BCUT2D eigenvalue weighted by Crippen LogP contribution is -2.64. The number of hydrogen-bond donors (Lipinski definition) is 3. The fourth-order valence-corrected chi connectivity index (χ4v) is 13.1. The van der Waals surface area contributed by atoms with Crippen LogP contribution in [-0.4, -0.2) is 115 Å². The van der Waals surface area contributed by atoms with Crippen LogP contribution in [0.25, 0.3) is 22.0 Å². The van der Waals surface area contributed by atoms with Crippen molar-refractivity contribution < 1.29 is 37.4 Å². The Morgan fingerprint density at radius 3 is 2.33 bits per heavy atom. The highest BCUT2D eigenvalue weighted by molar-refractivity contribution is 6.34. The first kappa shape index (κ1) is 48.9. The summed E-state index contributed by atoms with van der Waals surface area (Å²) in [4.78, 5) is 59.6. The molecule has 0 radical (unpaired) electrons. The van der Waals surface area contributed by atoms with E-state index in [1.807, 2.05) is 55.1 Å². The van der Waals surface area contributed by atoms with E-state index in [4.69, 9.17) is 26.8 Å². The number of nitrogens with two attached hydrogens (primary N) is 1. The molecule has 6 heterocycles. The number of benzene rings is 4. The maximum absolute atomic E-state index is 16.2. The molecule has 0 bridgehead atoms. The number of carbonyl (C=O) groups excluding carboxylic acids is 4. The monoisotopic (exact) mass is 1020 g/mol. The fourth-order valence-electron chi connectivity index (χ4n) is 12.8. The molecule has 4 saturated heterocycles. The van der Waals surface area contributed by atoms with Crippen LogP contribution in [0.5, 0.6) is 11.5 Å². The lowest BCUT2D eigenvalue weighted by atomic mass is 9.71. The number of nitrogens with one attached hydrogen (secondary N) is 2. The van der Waals surface area contributed by atoms with Crippen LogP contribution in [0.1, 0.15) is 92.1 Å². The first-order chi connectivity index (χ1) is 35.2. The molecule has 6 aliphatic rings. The van der Waals surface area contributed by atoms with Crippen molar-refractivity contribution in [1.29, 1.82) is 0 Å². The maximum atomic E-state index is 16.2. The van der Waals surface area contributed by atoms with Crippen LogP contribution in [0.3, 0.4) is 0 Å². The minimum atomic E-state index is -1.06. The van der Waals surface area contributed by atoms with E-state index < -0.39 is 35.1 Å². The molecule has 11 rings (SSSR count). The molecule has 1 saturated carbocycles. The lowest BCUT2D eigenvalue weighted by molar-refractivity contribution is -0.145. The van der Waals surface area contributed by atoms with Crippen molar-refractivity contribution in [3.63, 3.8) is 0 Å². The summed E-state index contributed by atoms with van der Waals surface area (Å²) in [7, 11) is 3.19. The van der Waals surface area contributed by atoms with E-state index in [0.29, 0.717) is 35.9 Å². The molecule has 384 valence electrons. The molecular weight excluding hydrogens is 956 g/mol. The van der Waals surface area contributed by atoms with Crippen LogP contribution < -0.4 is 35.6 Å². The molecule has 1 aromatic heterocycles. The van der Waals surface area contributed by atoms with Gasteiger partial charge >= 0.3 is 6.03 Å². The zero-order valence-corrected chi connectivity index (χ0v) is 42.3. The van der Waals surface area contributed by atoms with E-state index in [1.54, 1.807) is 4.90 Å². The van der Waals surface area contributed by atoms with Gasteiger partial charge in [0.2, 0.25) is 17.7 Å². The quantitative estimate of drug-likeness (QED) is 0.119. The highest BCUT2D eigenvalue weighted by Crippen LogP contribution is 2.57. The van der Waals surface area contributed by atoms with Crippen LogP contribution in [0.2, 0.25) is 5.02 Å². The third kappa shape index (κ3) is 8.64. The van der Waals surface area contributed by atoms with Gasteiger partial charge in [-0.05, 0) is 106 Å². The van der Waals surface area contributed by atoms with Crippen LogP contribution in [-0.2, 0) is 22.2 Å². The number of anilines is 2. The highest BCUT2D eigenvalue weighted by Gasteiger charge is 2.51. The van der Waals surface area contributed by atoms with Gasteiger partial charge in [-0.25, -0.2) is 13.6 Å². The van der Waals surface area contributed by atoms with E-state index in [-0.39, 0.29) is 63.4 Å². The van der Waals surface area contributed by atoms with Crippen LogP contribution >= 0.6 is 11.6 Å². The number of nitrogens with zero attached hydrogens (tertiary/aromatic N) is 6. The van der Waals surface area contributed by atoms with Crippen molar-refractivity contribution in [2.24, 2.45) is 24.1 Å². The van der Waals surface area contributed by atoms with Gasteiger partial charge in [0.05, 0.1) is 23.2 Å². The van der Waals surface area contributed by atoms with Gasteiger partial charge in [-0.15, -0.1) is 0 Å². The predicted molar refractivity (Wildman–Crippen MR) is 274 cm³/mol. The minimum absolute atomic E-state index is 0.00226. The number of fused-ring (bicyclic) bond motifs is 2. The Balaban J connectivity index is 0.675. The molecule has 1 aliphatic carbocycles. The van der Waals surface area contributed by atoms with Crippen LogP contribution in [0.15, 0.2) is 66.7 Å². The molecule has 4 aromatic carbocycles. The number of methoxy groups -OCH3 is 1. The van der Waals surface area contributed by atoms with Crippen LogP contribution in [0, 0.1) is 23.0 Å². The van der Waals surface area contributed by atoms with E-state index >= 15 is 8.78 Å². The topological polar surface area (TPSA) is 168 Å². The summed E-state index contributed by atoms with van der Waals surface area (Å²) >= 11 is 6.71. The zero-order chi connectivity index (χ0) is 50.9. The van der Waals surface area contributed by atoms with Gasteiger partial charge in [-0.1, -0.05) is 48.9 Å². The number of carbonyl (C=O) groups is 4. The Morgan fingerprint density at radius 1 is 0.932 bits per heavy atom. The largest absolute Gasteiger partial charge is 0.494 e. The molecule has 4 N–H and O–H groups in total. The number of aromatic nitrogens is 2. The summed E-state index contributed by atoms with van der Waals surface area (Å²) in [5.41, 5.74) is 8.01. The number of aryl methyl sites for hydroxylation is 1. The molecule has 2 atom stereocenters. The van der Waals surface area contributed by atoms with Crippen molar-refractivity contribution in [2.45, 2.75) is 88.3 Å². The summed E-state index contributed by atoms with van der Waals surface area (Å²) < 4.78 is 45.9. The summed E-state index contributed by atoms with van der Waals surface area (Å²) in [6.07, 6.45) is 7.99. The second kappa shape index (κ2) is 19.2. The lowest BCUT2D eigenvalue weighted by Gasteiger charge is -2.52. The van der Waals surface area contributed by atoms with E-state index in [0.717, 1.165) is 113 Å². The molecule has 5 aromatic rings. The smallest absolute Gasteiger partial charge is 0.329 e. The summed E-state index contributed by atoms with van der Waals surface area (Å²) in [6.45, 7) is 8.21. The van der Waals surface area contributed by atoms with E-state index in [9.17, 15) is 19.2 Å². The third-order valence-electron chi connectivity index (χ3n) is 17.3. The predicted octanol–water partition coefficient (Wildman–Crippen LogP) is 7.86. The molecule has 5 fully saturated rings. The van der Waals surface area contributed by atoms with Gasteiger partial charge in [0.25, 0.3) is 0 Å². The molecular formula is C55H62ClF2N9O6. The molecule has 73 heavy (non-hydrogen) atoms. The number of ether oxygens (including phenoxy) is 2. The third-order valence-corrected chi connectivity index (χ3v) is 17.7. The normalized spacial score (nSPS) is 24.4. The highest BCUT2D eigenvalue weighted by atomic mass is 35.5. The molecule has 5 aliphatic heterocycles. The number of amides is 5. The minimum Gasteiger partial charge on any atom is -0.494 e. The SMILES string of the molecule is COc1ccc(C(N)=O)c(-c2c(Cl)c(F)cc3c2[C@H](C)[C@@](CNC2CCC(C(=O)N4CC(N5CCC6(CCN(c7ccc8c(N9CCC(=O)NC9=O)nn(C)c8c7)CC6)CC5)C4)CC2)(c2ccccc2)O3)c1F. The Labute approximate surface area is 428 Å². The average Bonchev–Trinajstić information content (AvgIpc) is 3.86. The van der Waals surface area contributed by atoms with Crippen LogP contribution in [0.4, 0.5) is 25.1 Å². The summed E-state index contributed by atoms with van der Waals surface area (Å²) in [6, 6.07) is 19.9. The number of urea groups is 1. The average molecular weight is 1020 g/mol. The summed E-state index contributed by atoms with van der Waals surface area (Å²) in [5, 5.41) is 11.4. The van der Waals surface area contributed by atoms with Gasteiger partial charge in [-0.3, -0.25) is 34.2 Å². The number of likely N-dealkylation sites (tertiary alicyclic amines) is 2. The number of piperidine rings is 2. The maximum Gasteiger partial charge on any atom is 0.329 e. The second-order valence-electron chi connectivity index (χ2n) is 21.2. The zero-order valence-electron chi connectivity index (χ0n) is 41.5. The Morgan fingerprint density at radius 2 is 1.64 bits per heavy atom. The van der Waals surface area contributed by atoms with Crippen molar-refractivity contribution in [3.8, 4) is 22.6 Å². The molecule has 0 unspecified atom stereocenters. The number of rotatable bonds is 11. The Kier molecular flexibility index (Phi) is 12.9. The Hall–Kier alpha value is -6.30. The Bertz CT molecular complexity index is 3000. The molecule has 15 nitrogen and oxygen atoms in total. The first-order valence-corrected chi connectivity index (χ1v) is 26.1. The number of hydrogen-bond acceptors (Lipinski definition) is 10. The van der Waals surface area contributed by atoms with Crippen molar-refractivity contribution in [2.75, 3.05) is 69.3 Å². The van der Waals surface area contributed by atoms with E-state index in [2.05, 4.69) is 42.6 Å². The van der Waals surface area contributed by atoms with Gasteiger partial charge in [0.15, 0.2) is 23.0 Å². The van der Waals surface area contributed by atoms with Gasteiger partial charge in [-0.2, -0.15) is 5.10 Å². The van der Waals surface area contributed by atoms with Gasteiger partial charge in [0, 0.05) is 110 Å². The standard InChI is InChI=1S/C55H62ClF2N9O6/c1-32-45-43(28-40(57)48(56)47(45)46-39(50(59)69)15-16-42(72-3)49(46)58)73-55(32,34-7-5-4-6-8-34)31-60-35-11-9-33(10-12-35)52(70)66-29-37(30-66)65-25-20-54(21-26-65)18-23-64(24-19-54)36-13-14-38-41(27-36)63(2)62-51(38)67-22-17-44(68)61-53(67)71/h4-8,13-16,27-28,32-33,35,37,60H,9-12,17-26,29-31H2,1-3H3,(H2,59,69)(H,61,68,71)/t32-,33?,35?,55-/m0/s1. The number of halogens is 3. The summed E-state index contributed by atoms with van der Waals surface area (Å²) in [5.74, 6) is -2.54. The van der Waals surface area contributed by atoms with Crippen molar-refractivity contribution in [3.05, 3.63) is 100 Å². The molecule has 1 spiro atoms. The molecule has 18 heteroatoms. The second-order valence-corrected chi connectivity index (χ2v) is 21.5. The number of primary amides is 1. The number of imide groups is 1. The van der Waals surface area contributed by atoms with Gasteiger partial charge < -0.3 is 30.3 Å². The fraction of sp³-hybridized carbons (Fsp3) is 0.473. The van der Waals surface area contributed by atoms with E-state index in [1.165, 1.54) is 25.3 Å². The van der Waals surface area contributed by atoms with Crippen molar-refractivity contribution >= 4 is 57.8 Å². The first-order valence-electron chi connectivity index (χ1n) is 25.7.